The Morgan fingerprint density at radius 3 is 3.00 bits per heavy atom. The van der Waals surface area contributed by atoms with Crippen molar-refractivity contribution < 1.29 is 9.18 Å². The second kappa shape index (κ2) is 5.80. The minimum absolute atomic E-state index is 0.0928. The van der Waals surface area contributed by atoms with Crippen LogP contribution in [0.15, 0.2) is 24.3 Å². The first-order valence-electron chi connectivity index (χ1n) is 5.67. The van der Waals surface area contributed by atoms with E-state index in [2.05, 4.69) is 21.2 Å². The Bertz CT molecular complexity index is 567. The molecule has 1 aromatic heterocycles. The van der Waals surface area contributed by atoms with Crippen LogP contribution in [-0.4, -0.2) is 17.3 Å². The van der Waals surface area contributed by atoms with Crippen LogP contribution < -0.4 is 5.32 Å². The maximum absolute atomic E-state index is 13.0. The number of benzene rings is 1. The lowest BCUT2D eigenvalue weighted by Gasteiger charge is -2.04. The molecule has 2 rings (SSSR count). The molecule has 0 aliphatic heterocycles. The Hall–Kier alpha value is -0.940. The van der Waals surface area contributed by atoms with E-state index in [-0.39, 0.29) is 11.7 Å². The molecule has 0 aliphatic carbocycles. The van der Waals surface area contributed by atoms with Crippen molar-refractivity contribution in [1.29, 1.82) is 0 Å². The third-order valence-electron chi connectivity index (χ3n) is 2.53. The fourth-order valence-corrected chi connectivity index (χ4v) is 2.82. The number of rotatable bonds is 4. The lowest BCUT2D eigenvalue weighted by molar-refractivity contribution is 0.0957. The SMILES string of the molecule is CC(Br)CCNC(=O)c1cc2ccc(F)cc2s1. The molecule has 0 aliphatic rings. The number of thiophene rings is 1. The Balaban J connectivity index is 2.08. The minimum atomic E-state index is -0.274. The Labute approximate surface area is 117 Å². The Kier molecular flexibility index (Phi) is 4.35. The molecule has 0 fully saturated rings. The fraction of sp³-hybridized carbons (Fsp3) is 0.308. The first-order valence-corrected chi connectivity index (χ1v) is 7.41. The van der Waals surface area contributed by atoms with Gasteiger partial charge in [-0.25, -0.2) is 4.39 Å². The zero-order valence-electron chi connectivity index (χ0n) is 9.87. The van der Waals surface area contributed by atoms with Crippen molar-refractivity contribution in [2.24, 2.45) is 0 Å². The van der Waals surface area contributed by atoms with E-state index in [4.69, 9.17) is 0 Å². The van der Waals surface area contributed by atoms with Crippen LogP contribution in [0.2, 0.25) is 0 Å². The van der Waals surface area contributed by atoms with Gasteiger partial charge in [0, 0.05) is 16.1 Å². The van der Waals surface area contributed by atoms with Crippen molar-refractivity contribution in [3.05, 3.63) is 35.0 Å². The molecule has 96 valence electrons. The van der Waals surface area contributed by atoms with Crippen molar-refractivity contribution in [2.45, 2.75) is 18.2 Å². The van der Waals surface area contributed by atoms with Gasteiger partial charge in [-0.3, -0.25) is 4.79 Å². The van der Waals surface area contributed by atoms with E-state index in [9.17, 15) is 9.18 Å². The molecule has 0 spiro atoms. The van der Waals surface area contributed by atoms with Crippen LogP contribution in [0.1, 0.15) is 23.0 Å². The molecular weight excluding hydrogens is 317 g/mol. The van der Waals surface area contributed by atoms with Crippen molar-refractivity contribution in [2.75, 3.05) is 6.54 Å². The summed E-state index contributed by atoms with van der Waals surface area (Å²) in [5, 5.41) is 3.76. The normalized spacial score (nSPS) is 12.6. The summed E-state index contributed by atoms with van der Waals surface area (Å²) in [6.45, 7) is 2.67. The van der Waals surface area contributed by atoms with Crippen LogP contribution >= 0.6 is 27.3 Å². The smallest absolute Gasteiger partial charge is 0.261 e. The predicted octanol–water partition coefficient (Wildman–Crippen LogP) is 3.94. The second-order valence-corrected chi connectivity index (χ2v) is 6.77. The molecule has 2 aromatic rings. The molecular formula is C13H13BrFNOS. The van der Waals surface area contributed by atoms with Gasteiger partial charge in [-0.15, -0.1) is 11.3 Å². The van der Waals surface area contributed by atoms with Crippen LogP contribution in [0.3, 0.4) is 0 Å². The number of hydrogen-bond acceptors (Lipinski definition) is 2. The zero-order chi connectivity index (χ0) is 13.1. The molecule has 1 aromatic carbocycles. The van der Waals surface area contributed by atoms with Crippen LogP contribution in [-0.2, 0) is 0 Å². The maximum atomic E-state index is 13.0. The Morgan fingerprint density at radius 1 is 1.50 bits per heavy atom. The number of alkyl halides is 1. The summed E-state index contributed by atoms with van der Waals surface area (Å²) in [5.41, 5.74) is 0. The van der Waals surface area contributed by atoms with Gasteiger partial charge in [0.2, 0.25) is 0 Å². The van der Waals surface area contributed by atoms with E-state index in [0.717, 1.165) is 16.5 Å². The third kappa shape index (κ3) is 3.29. The topological polar surface area (TPSA) is 29.1 Å². The molecule has 0 bridgehead atoms. The van der Waals surface area contributed by atoms with Crippen molar-refractivity contribution >= 4 is 43.3 Å². The highest BCUT2D eigenvalue weighted by Gasteiger charge is 2.10. The van der Waals surface area contributed by atoms with Gasteiger partial charge in [-0.2, -0.15) is 0 Å². The van der Waals surface area contributed by atoms with E-state index in [1.165, 1.54) is 23.5 Å². The van der Waals surface area contributed by atoms with Crippen molar-refractivity contribution in [3.63, 3.8) is 0 Å². The average molecular weight is 330 g/mol. The first-order chi connectivity index (χ1) is 8.56. The van der Waals surface area contributed by atoms with Crippen molar-refractivity contribution in [3.8, 4) is 0 Å². The zero-order valence-corrected chi connectivity index (χ0v) is 12.3. The monoisotopic (exact) mass is 329 g/mol. The van der Waals surface area contributed by atoms with E-state index in [0.29, 0.717) is 16.2 Å². The highest BCUT2D eigenvalue weighted by Crippen LogP contribution is 2.26. The molecule has 0 saturated heterocycles. The lowest BCUT2D eigenvalue weighted by Crippen LogP contribution is -2.24. The summed E-state index contributed by atoms with van der Waals surface area (Å²) < 4.78 is 13.8. The van der Waals surface area contributed by atoms with Crippen LogP contribution in [0.5, 0.6) is 0 Å². The number of carbonyl (C=O) groups excluding carboxylic acids is 1. The second-order valence-electron chi connectivity index (χ2n) is 4.12. The van der Waals surface area contributed by atoms with Crippen LogP contribution in [0.4, 0.5) is 4.39 Å². The number of hydrogen-bond donors (Lipinski definition) is 1. The van der Waals surface area contributed by atoms with Gasteiger partial charge in [-0.05, 0) is 30.0 Å². The van der Waals surface area contributed by atoms with E-state index >= 15 is 0 Å². The molecule has 1 N–H and O–H groups in total. The summed E-state index contributed by atoms with van der Waals surface area (Å²) >= 11 is 4.74. The van der Waals surface area contributed by atoms with Crippen LogP contribution in [0, 0.1) is 5.82 Å². The molecule has 2 nitrogen and oxygen atoms in total. The van der Waals surface area contributed by atoms with Crippen LogP contribution in [0.25, 0.3) is 10.1 Å². The van der Waals surface area contributed by atoms with Gasteiger partial charge in [0.25, 0.3) is 5.91 Å². The summed E-state index contributed by atoms with van der Waals surface area (Å²) in [6, 6.07) is 6.35. The quantitative estimate of drug-likeness (QED) is 0.845. The summed E-state index contributed by atoms with van der Waals surface area (Å²) in [5.74, 6) is -0.367. The molecule has 1 unspecified atom stereocenters. The Morgan fingerprint density at radius 2 is 2.28 bits per heavy atom. The van der Waals surface area contributed by atoms with Gasteiger partial charge in [0.05, 0.1) is 4.88 Å². The first kappa shape index (κ1) is 13.5. The number of amides is 1. The maximum Gasteiger partial charge on any atom is 0.261 e. The van der Waals surface area contributed by atoms with E-state index in [1.54, 1.807) is 12.1 Å². The molecule has 1 amide bonds. The number of fused-ring (bicyclic) bond motifs is 1. The standard InChI is InChI=1S/C13H13BrFNOS/c1-8(14)4-5-16-13(17)12-6-9-2-3-10(15)7-11(9)18-12/h2-3,6-8H,4-5H2,1H3,(H,16,17). The van der Waals surface area contributed by atoms with E-state index in [1.807, 2.05) is 6.92 Å². The predicted molar refractivity (Wildman–Crippen MR) is 77.1 cm³/mol. The van der Waals surface area contributed by atoms with Crippen molar-refractivity contribution in [1.82, 2.24) is 5.32 Å². The molecule has 0 radical (unpaired) electrons. The largest absolute Gasteiger partial charge is 0.351 e. The summed E-state index contributed by atoms with van der Waals surface area (Å²) in [4.78, 5) is 12.9. The third-order valence-corrected chi connectivity index (χ3v) is 4.09. The summed E-state index contributed by atoms with van der Waals surface area (Å²) in [6.07, 6.45) is 0.880. The van der Waals surface area contributed by atoms with Gasteiger partial charge < -0.3 is 5.32 Å². The highest BCUT2D eigenvalue weighted by molar-refractivity contribution is 9.09. The molecule has 5 heteroatoms. The number of halogens is 2. The molecule has 0 saturated carbocycles. The number of carbonyl (C=O) groups is 1. The molecule has 18 heavy (non-hydrogen) atoms. The van der Waals surface area contributed by atoms with Gasteiger partial charge in [-0.1, -0.05) is 28.9 Å². The average Bonchev–Trinajstić information content (AvgIpc) is 2.71. The molecule has 1 atom stereocenters. The summed E-state index contributed by atoms with van der Waals surface area (Å²) in [7, 11) is 0. The van der Waals surface area contributed by atoms with E-state index < -0.39 is 0 Å². The van der Waals surface area contributed by atoms with Gasteiger partial charge in [0.15, 0.2) is 0 Å². The minimum Gasteiger partial charge on any atom is -0.351 e. The lowest BCUT2D eigenvalue weighted by atomic mass is 10.2. The fourth-order valence-electron chi connectivity index (χ4n) is 1.59. The van der Waals surface area contributed by atoms with Gasteiger partial charge in [0.1, 0.15) is 5.82 Å². The highest BCUT2D eigenvalue weighted by atomic mass is 79.9. The molecule has 1 heterocycles. The number of nitrogens with one attached hydrogen (secondary N) is 1. The van der Waals surface area contributed by atoms with Gasteiger partial charge >= 0.3 is 0 Å².